The van der Waals surface area contributed by atoms with Gasteiger partial charge in [-0.05, 0) is 18.1 Å². The second-order valence-electron chi connectivity index (χ2n) is 2.03. The SMILES string of the molecule is [2H]c1c([2H])c(Br)c([2H])c(N2C([2H])([2H])C([2H])([2H])OC([2H])([2H])C2([2H])[2H])c1[2H]. The number of morpholine rings is 1. The molecule has 1 saturated heterocycles. The topological polar surface area (TPSA) is 12.5 Å². The zero-order valence-electron chi connectivity index (χ0n) is 18.2. The molecule has 1 aromatic rings. The lowest BCUT2D eigenvalue weighted by molar-refractivity contribution is 0.122. The molecule has 0 spiro atoms. The molecule has 0 bridgehead atoms. The van der Waals surface area contributed by atoms with Crippen LogP contribution in [0.3, 0.4) is 0 Å². The zero-order chi connectivity index (χ0) is 19.7. The van der Waals surface area contributed by atoms with Crippen molar-refractivity contribution in [2.24, 2.45) is 0 Å². The van der Waals surface area contributed by atoms with Gasteiger partial charge in [0.15, 0.2) is 0 Å². The van der Waals surface area contributed by atoms with Crippen LogP contribution in [-0.4, -0.2) is 26.1 Å². The zero-order valence-corrected chi connectivity index (χ0v) is 7.82. The highest BCUT2D eigenvalue weighted by molar-refractivity contribution is 9.10. The molecule has 2 nitrogen and oxygen atoms in total. The standard InChI is InChI=1S/C10H12BrNO/c11-9-2-1-3-10(8-9)12-4-6-13-7-5-12/h1-3,8H,4-7H2/i1D,2D,3D,4D2,5D2,6D2,7D2,8D. The first-order valence-electron chi connectivity index (χ1n) is 9.27. The highest BCUT2D eigenvalue weighted by atomic mass is 79.9. The molecule has 0 N–H and O–H groups in total. The Morgan fingerprint density at radius 3 is 3.00 bits per heavy atom. The molecule has 0 radical (unpaired) electrons. The smallest absolute Gasteiger partial charge is 0.0657 e. The van der Waals surface area contributed by atoms with Crippen molar-refractivity contribution in [3.05, 3.63) is 28.6 Å². The van der Waals surface area contributed by atoms with E-state index in [4.69, 9.17) is 16.4 Å². The fourth-order valence-electron chi connectivity index (χ4n) is 0.726. The third-order valence-corrected chi connectivity index (χ3v) is 1.62. The highest BCUT2D eigenvalue weighted by Gasteiger charge is 2.10. The Hall–Kier alpha value is -0.540. The van der Waals surface area contributed by atoms with E-state index in [-0.39, 0.29) is 9.37 Å². The largest absolute Gasteiger partial charge is 0.378 e. The van der Waals surface area contributed by atoms with Gasteiger partial charge in [-0.3, -0.25) is 0 Å². The molecule has 3 heteroatoms. The maximum absolute atomic E-state index is 7.99. The van der Waals surface area contributed by atoms with E-state index in [9.17, 15) is 0 Å². The molecular weight excluding hydrogens is 230 g/mol. The summed E-state index contributed by atoms with van der Waals surface area (Å²) in [6.45, 7) is -13.3. The van der Waals surface area contributed by atoms with Crippen molar-refractivity contribution in [2.75, 3.05) is 31.0 Å². The number of halogens is 1. The van der Waals surface area contributed by atoms with Gasteiger partial charge in [0, 0.05) is 23.2 Å². The Balaban J connectivity index is 2.92. The van der Waals surface area contributed by atoms with E-state index < -0.39 is 56.0 Å². The van der Waals surface area contributed by atoms with E-state index >= 15 is 0 Å². The number of hydrogen-bond donors (Lipinski definition) is 0. The van der Waals surface area contributed by atoms with Gasteiger partial charge in [0.2, 0.25) is 0 Å². The highest BCUT2D eigenvalue weighted by Crippen LogP contribution is 2.20. The quantitative estimate of drug-likeness (QED) is 0.762. The summed E-state index contributed by atoms with van der Waals surface area (Å²) in [5, 5.41) is 0. The minimum atomic E-state index is -3.34. The molecule has 1 heterocycles. The Kier molecular flexibility index (Phi) is 0.799. The van der Waals surface area contributed by atoms with Gasteiger partial charge in [-0.2, -0.15) is 0 Å². The van der Waals surface area contributed by atoms with Crippen LogP contribution in [0.2, 0.25) is 0 Å². The first-order chi connectivity index (χ1) is 11.0. The van der Waals surface area contributed by atoms with Crippen LogP contribution in [0.15, 0.2) is 28.6 Å². The van der Waals surface area contributed by atoms with Gasteiger partial charge >= 0.3 is 0 Å². The average Bonchev–Trinajstić information content (AvgIpc) is 2.44. The summed E-state index contributed by atoms with van der Waals surface area (Å²) in [5.41, 5.74) is -0.862. The molecule has 13 heavy (non-hydrogen) atoms. The van der Waals surface area contributed by atoms with Gasteiger partial charge in [-0.15, -0.1) is 0 Å². The predicted molar refractivity (Wildman–Crippen MR) is 57.2 cm³/mol. The van der Waals surface area contributed by atoms with Crippen molar-refractivity contribution >= 4 is 21.6 Å². The lowest BCUT2D eigenvalue weighted by Crippen LogP contribution is -2.36. The van der Waals surface area contributed by atoms with Crippen LogP contribution in [0.4, 0.5) is 5.69 Å². The predicted octanol–water partition coefficient (Wildman–Crippen LogP) is 2.29. The van der Waals surface area contributed by atoms with Crippen molar-refractivity contribution < 1.29 is 21.2 Å². The van der Waals surface area contributed by atoms with Crippen molar-refractivity contribution in [1.82, 2.24) is 0 Å². The molecule has 0 atom stereocenters. The molecule has 1 aliphatic heterocycles. The Labute approximate surface area is 103 Å². The molecule has 0 aromatic heterocycles. The van der Waals surface area contributed by atoms with Crippen molar-refractivity contribution in [3.63, 3.8) is 0 Å². The first kappa shape index (κ1) is 2.52. The number of hydrogen-bond acceptors (Lipinski definition) is 2. The summed E-state index contributed by atoms with van der Waals surface area (Å²) in [5.74, 6) is 0. The minimum Gasteiger partial charge on any atom is -0.378 e. The molecule has 1 aliphatic rings. The van der Waals surface area contributed by atoms with E-state index in [1.54, 1.807) is 0 Å². The van der Waals surface area contributed by atoms with Gasteiger partial charge in [0.25, 0.3) is 0 Å². The lowest BCUT2D eigenvalue weighted by atomic mass is 10.3. The van der Waals surface area contributed by atoms with E-state index in [1.165, 1.54) is 0 Å². The summed E-state index contributed by atoms with van der Waals surface area (Å²) in [6.07, 6.45) is 0. The monoisotopic (exact) mass is 253 g/mol. The molecule has 0 amide bonds. The second-order valence-corrected chi connectivity index (χ2v) is 2.82. The Bertz CT molecular complexity index is 680. The van der Waals surface area contributed by atoms with Gasteiger partial charge in [0.1, 0.15) is 0 Å². The van der Waals surface area contributed by atoms with Gasteiger partial charge in [0.05, 0.1) is 29.6 Å². The molecular formula is C10H12BrNO. The van der Waals surface area contributed by atoms with Gasteiger partial charge in [-0.25, -0.2) is 0 Å². The molecule has 2 rings (SSSR count). The number of anilines is 1. The van der Waals surface area contributed by atoms with Crippen LogP contribution in [0, 0.1) is 0 Å². The Morgan fingerprint density at radius 2 is 2.23 bits per heavy atom. The molecule has 70 valence electrons. The third kappa shape index (κ3) is 2.23. The Morgan fingerprint density at radius 1 is 1.46 bits per heavy atom. The fraction of sp³-hybridized carbons (Fsp3) is 0.400. The van der Waals surface area contributed by atoms with Crippen molar-refractivity contribution in [1.29, 1.82) is 0 Å². The van der Waals surface area contributed by atoms with Gasteiger partial charge in [-0.1, -0.05) is 22.0 Å². The summed E-state index contributed by atoms with van der Waals surface area (Å²) >= 11 is 2.85. The molecule has 0 unspecified atom stereocenters. The van der Waals surface area contributed by atoms with Crippen LogP contribution in [0.1, 0.15) is 16.4 Å². The van der Waals surface area contributed by atoms with Crippen LogP contribution in [0.25, 0.3) is 0 Å². The van der Waals surface area contributed by atoms with E-state index in [0.29, 0.717) is 0 Å². The molecule has 1 fully saturated rings. The average molecular weight is 254 g/mol. The van der Waals surface area contributed by atoms with E-state index in [2.05, 4.69) is 20.7 Å². The molecule has 0 aliphatic carbocycles. The number of benzene rings is 1. The van der Waals surface area contributed by atoms with Crippen LogP contribution in [0.5, 0.6) is 0 Å². The van der Waals surface area contributed by atoms with Gasteiger partial charge < -0.3 is 9.64 Å². The fourth-order valence-corrected chi connectivity index (χ4v) is 1.01. The molecule has 0 saturated carbocycles. The van der Waals surface area contributed by atoms with Crippen LogP contribution in [-0.2, 0) is 4.74 Å². The minimum absolute atomic E-state index is 0.0313. The van der Waals surface area contributed by atoms with Crippen molar-refractivity contribution in [3.8, 4) is 0 Å². The molecule has 1 aromatic carbocycles. The summed E-state index contributed by atoms with van der Waals surface area (Å²) in [6, 6.07) is -2.96. The second kappa shape index (κ2) is 4.11. The maximum atomic E-state index is 7.99. The number of rotatable bonds is 1. The lowest BCUT2D eigenvalue weighted by Gasteiger charge is -2.28. The summed E-state index contributed by atoms with van der Waals surface area (Å²) < 4.78 is 97.6. The normalized spacial score (nSPS) is 46.4. The number of ether oxygens (including phenoxy) is 1. The number of nitrogens with zero attached hydrogens (tertiary/aromatic N) is 1. The van der Waals surface area contributed by atoms with Crippen molar-refractivity contribution in [2.45, 2.75) is 0 Å². The third-order valence-electron chi connectivity index (χ3n) is 1.22. The van der Waals surface area contributed by atoms with E-state index in [0.717, 1.165) is 0 Å². The van der Waals surface area contributed by atoms with Crippen LogP contribution >= 0.6 is 15.9 Å². The maximum Gasteiger partial charge on any atom is 0.0657 e. The van der Waals surface area contributed by atoms with Crippen LogP contribution < -0.4 is 4.90 Å². The summed E-state index contributed by atoms with van der Waals surface area (Å²) in [7, 11) is 0. The summed E-state index contributed by atoms with van der Waals surface area (Å²) in [4.78, 5) is -0.0313. The first-order valence-corrected chi connectivity index (χ1v) is 4.06. The van der Waals surface area contributed by atoms with E-state index in [1.807, 2.05) is 0 Å².